The molecule has 3 aromatic heterocycles. The monoisotopic (exact) mass is 377 g/mol. The summed E-state index contributed by atoms with van der Waals surface area (Å²) in [6.45, 7) is 0. The number of aromatic nitrogens is 2. The van der Waals surface area contributed by atoms with Crippen molar-refractivity contribution in [1.29, 1.82) is 0 Å². The summed E-state index contributed by atoms with van der Waals surface area (Å²) >= 11 is 2.42. The Bertz CT molecular complexity index is 915. The van der Waals surface area contributed by atoms with Crippen molar-refractivity contribution in [2.24, 2.45) is 5.73 Å². The third kappa shape index (κ3) is 4.28. The largest absolute Gasteiger partial charge is 0.431 e. The van der Waals surface area contributed by atoms with Gasteiger partial charge < -0.3 is 10.2 Å². The second-order valence-electron chi connectivity index (χ2n) is 4.71. The minimum absolute atomic E-state index is 0.00473. The van der Waals surface area contributed by atoms with Crippen molar-refractivity contribution in [3.05, 3.63) is 45.4 Å². The molecule has 0 aromatic carbocycles. The first kappa shape index (κ1) is 16.8. The lowest BCUT2D eigenvalue weighted by molar-refractivity contribution is -0.117. The summed E-state index contributed by atoms with van der Waals surface area (Å²) in [5.41, 5.74) is 5.53. The van der Waals surface area contributed by atoms with Gasteiger partial charge in [-0.25, -0.2) is 4.98 Å². The number of hydrogen-bond donors (Lipinski definition) is 3. The van der Waals surface area contributed by atoms with E-state index in [1.807, 2.05) is 0 Å². The van der Waals surface area contributed by atoms with Gasteiger partial charge in [0, 0.05) is 5.38 Å². The molecule has 3 aromatic rings. The van der Waals surface area contributed by atoms with Gasteiger partial charge >= 0.3 is 6.01 Å². The number of amides is 3. The molecule has 0 aliphatic rings. The number of rotatable bonds is 6. The average Bonchev–Trinajstić information content (AvgIpc) is 3.27. The molecule has 11 heteroatoms. The summed E-state index contributed by atoms with van der Waals surface area (Å²) in [7, 11) is 0. The van der Waals surface area contributed by atoms with Crippen molar-refractivity contribution in [2.75, 3.05) is 10.6 Å². The third-order valence-electron chi connectivity index (χ3n) is 2.83. The van der Waals surface area contributed by atoms with E-state index in [0.717, 1.165) is 17.6 Å². The van der Waals surface area contributed by atoms with E-state index in [-0.39, 0.29) is 24.0 Å². The van der Waals surface area contributed by atoms with Crippen LogP contribution in [0.4, 0.5) is 11.1 Å². The number of anilines is 2. The molecule has 0 atom stereocenters. The van der Waals surface area contributed by atoms with Crippen LogP contribution in [0.3, 0.4) is 0 Å². The average molecular weight is 377 g/mol. The van der Waals surface area contributed by atoms with E-state index >= 15 is 0 Å². The van der Waals surface area contributed by atoms with Gasteiger partial charge in [0.2, 0.25) is 5.91 Å². The second-order valence-corrected chi connectivity index (χ2v) is 6.52. The van der Waals surface area contributed by atoms with Crippen LogP contribution in [0, 0.1) is 0 Å². The third-order valence-corrected chi connectivity index (χ3v) is 4.50. The number of carbonyl (C=O) groups excluding carboxylic acids is 3. The fourth-order valence-corrected chi connectivity index (χ4v) is 3.11. The molecule has 0 aliphatic carbocycles. The Kier molecular flexibility index (Phi) is 4.86. The molecule has 0 aliphatic heterocycles. The smallest absolute Gasteiger partial charge is 0.302 e. The van der Waals surface area contributed by atoms with E-state index in [1.54, 1.807) is 22.9 Å². The molecule has 3 heterocycles. The molecule has 0 unspecified atom stereocenters. The number of nitrogens with zero attached hydrogens (tertiary/aromatic N) is 2. The van der Waals surface area contributed by atoms with Crippen molar-refractivity contribution < 1.29 is 18.8 Å². The van der Waals surface area contributed by atoms with E-state index in [0.29, 0.717) is 15.7 Å². The van der Waals surface area contributed by atoms with Gasteiger partial charge in [0.05, 0.1) is 17.0 Å². The topological polar surface area (TPSA) is 140 Å². The van der Waals surface area contributed by atoms with Crippen molar-refractivity contribution >= 4 is 51.5 Å². The zero-order valence-corrected chi connectivity index (χ0v) is 14.1. The van der Waals surface area contributed by atoms with Crippen LogP contribution in [0.1, 0.15) is 25.9 Å². The normalized spacial score (nSPS) is 10.4. The summed E-state index contributed by atoms with van der Waals surface area (Å²) in [4.78, 5) is 43.3. The first-order valence-electron chi connectivity index (χ1n) is 6.85. The van der Waals surface area contributed by atoms with Crippen LogP contribution in [-0.2, 0) is 11.2 Å². The summed E-state index contributed by atoms with van der Waals surface area (Å²) < 4.78 is 5.07. The fraction of sp³-hybridized carbons (Fsp3) is 0.0714. The van der Waals surface area contributed by atoms with Gasteiger partial charge in [-0.15, -0.1) is 22.7 Å². The van der Waals surface area contributed by atoms with Crippen LogP contribution in [0.2, 0.25) is 0 Å². The Morgan fingerprint density at radius 1 is 1.16 bits per heavy atom. The number of nitrogens with two attached hydrogens (primary N) is 1. The van der Waals surface area contributed by atoms with Crippen molar-refractivity contribution in [2.45, 2.75) is 6.42 Å². The SMILES string of the molecule is NC(=O)Cc1csc(NC(=O)c2coc(NC(=O)c3cccs3)n2)n1. The Labute approximate surface area is 148 Å². The van der Waals surface area contributed by atoms with Gasteiger partial charge in [-0.3, -0.25) is 25.0 Å². The number of nitrogens with one attached hydrogen (secondary N) is 2. The van der Waals surface area contributed by atoms with Gasteiger partial charge in [0.1, 0.15) is 6.26 Å². The number of thiophene rings is 1. The van der Waals surface area contributed by atoms with Crippen LogP contribution < -0.4 is 16.4 Å². The van der Waals surface area contributed by atoms with Crippen LogP contribution in [0.5, 0.6) is 0 Å². The van der Waals surface area contributed by atoms with Gasteiger partial charge in [0.15, 0.2) is 10.8 Å². The van der Waals surface area contributed by atoms with E-state index in [1.165, 1.54) is 11.3 Å². The highest BCUT2D eigenvalue weighted by Gasteiger charge is 2.16. The van der Waals surface area contributed by atoms with Crippen LogP contribution in [-0.4, -0.2) is 27.7 Å². The van der Waals surface area contributed by atoms with Crippen LogP contribution in [0.15, 0.2) is 33.6 Å². The molecule has 0 radical (unpaired) electrons. The molecule has 3 rings (SSSR count). The number of primary amides is 1. The first-order valence-corrected chi connectivity index (χ1v) is 8.61. The van der Waals surface area contributed by atoms with Crippen molar-refractivity contribution in [3.63, 3.8) is 0 Å². The lowest BCUT2D eigenvalue weighted by Gasteiger charge is -1.97. The first-order chi connectivity index (χ1) is 12.0. The molecular formula is C14H11N5O4S2. The molecule has 128 valence electrons. The molecule has 0 bridgehead atoms. The molecule has 0 fully saturated rings. The van der Waals surface area contributed by atoms with Gasteiger partial charge in [0.25, 0.3) is 11.8 Å². The highest BCUT2D eigenvalue weighted by Crippen LogP contribution is 2.18. The van der Waals surface area contributed by atoms with E-state index in [2.05, 4.69) is 20.6 Å². The molecule has 0 spiro atoms. The molecule has 3 amide bonds. The maximum Gasteiger partial charge on any atom is 0.302 e. The molecule has 0 saturated carbocycles. The number of oxazole rings is 1. The standard InChI is InChI=1S/C14H11N5O4S2/c15-10(20)4-7-6-25-14(16-7)19-11(21)8-5-23-13(17-8)18-12(22)9-2-1-3-24-9/h1-3,5-6H,4H2,(H2,15,20)(H,16,19,21)(H,17,18,22). The summed E-state index contributed by atoms with van der Waals surface area (Å²) in [5, 5.41) is 8.68. The minimum Gasteiger partial charge on any atom is -0.431 e. The lowest BCUT2D eigenvalue weighted by atomic mass is 10.3. The van der Waals surface area contributed by atoms with Gasteiger partial charge in [-0.05, 0) is 11.4 Å². The highest BCUT2D eigenvalue weighted by molar-refractivity contribution is 7.14. The van der Waals surface area contributed by atoms with E-state index < -0.39 is 11.8 Å². The number of thiazole rings is 1. The Balaban J connectivity index is 1.61. The number of hydrogen-bond acceptors (Lipinski definition) is 8. The highest BCUT2D eigenvalue weighted by atomic mass is 32.1. The van der Waals surface area contributed by atoms with Crippen LogP contribution >= 0.6 is 22.7 Å². The fourth-order valence-electron chi connectivity index (χ4n) is 1.79. The van der Waals surface area contributed by atoms with E-state index in [4.69, 9.17) is 10.2 Å². The van der Waals surface area contributed by atoms with Crippen LogP contribution in [0.25, 0.3) is 0 Å². The zero-order valence-electron chi connectivity index (χ0n) is 12.5. The molecule has 4 N–H and O–H groups in total. The summed E-state index contributed by atoms with van der Waals surface area (Å²) in [6, 6.07) is 3.31. The van der Waals surface area contributed by atoms with Crippen molar-refractivity contribution in [3.8, 4) is 0 Å². The van der Waals surface area contributed by atoms with Gasteiger partial charge in [-0.1, -0.05) is 6.07 Å². The molecular weight excluding hydrogens is 366 g/mol. The zero-order chi connectivity index (χ0) is 17.8. The Hall–Kier alpha value is -3.05. The predicted octanol–water partition coefficient (Wildman–Crippen LogP) is 1.72. The molecule has 25 heavy (non-hydrogen) atoms. The minimum atomic E-state index is -0.555. The number of carbonyl (C=O) groups is 3. The molecule has 0 saturated heterocycles. The van der Waals surface area contributed by atoms with Gasteiger partial charge in [-0.2, -0.15) is 4.98 Å². The summed E-state index contributed by atoms with van der Waals surface area (Å²) in [5.74, 6) is -1.44. The maximum atomic E-state index is 12.1. The van der Waals surface area contributed by atoms with Crippen molar-refractivity contribution in [1.82, 2.24) is 9.97 Å². The quantitative estimate of drug-likeness (QED) is 0.597. The maximum absolute atomic E-state index is 12.1. The molecule has 9 nitrogen and oxygen atoms in total. The Morgan fingerprint density at radius 2 is 2.00 bits per heavy atom. The predicted molar refractivity (Wildman–Crippen MR) is 91.7 cm³/mol. The Morgan fingerprint density at radius 3 is 2.72 bits per heavy atom. The van der Waals surface area contributed by atoms with E-state index in [9.17, 15) is 14.4 Å². The summed E-state index contributed by atoms with van der Waals surface area (Å²) in [6.07, 6.45) is 1.12. The second kappa shape index (κ2) is 7.23. The lowest BCUT2D eigenvalue weighted by Crippen LogP contribution is -2.15.